The van der Waals surface area contributed by atoms with Gasteiger partial charge in [-0.05, 0) is 56.5 Å². The Bertz CT molecular complexity index is 689. The Balaban J connectivity index is 1.53. The Morgan fingerprint density at radius 1 is 1.42 bits per heavy atom. The highest BCUT2D eigenvalue weighted by molar-refractivity contribution is 6.05. The van der Waals surface area contributed by atoms with E-state index in [0.29, 0.717) is 11.5 Å². The van der Waals surface area contributed by atoms with Crippen molar-refractivity contribution in [3.63, 3.8) is 0 Å². The van der Waals surface area contributed by atoms with E-state index in [1.165, 1.54) is 0 Å². The summed E-state index contributed by atoms with van der Waals surface area (Å²) < 4.78 is 5.13. The van der Waals surface area contributed by atoms with Crippen LogP contribution in [0.2, 0.25) is 0 Å². The van der Waals surface area contributed by atoms with Crippen LogP contribution in [0, 0.1) is 12.8 Å². The minimum atomic E-state index is -0.0187. The maximum atomic E-state index is 12.6. The summed E-state index contributed by atoms with van der Waals surface area (Å²) in [4.78, 5) is 15.0. The first-order chi connectivity index (χ1) is 11.7. The van der Waals surface area contributed by atoms with Crippen molar-refractivity contribution in [2.75, 3.05) is 39.9 Å². The van der Waals surface area contributed by atoms with E-state index in [2.05, 4.69) is 20.4 Å². The molecule has 0 spiro atoms. The number of likely N-dealkylation sites (tertiary alicyclic amines) is 1. The van der Waals surface area contributed by atoms with Crippen molar-refractivity contribution in [3.8, 4) is 0 Å². The predicted octanol–water partition coefficient (Wildman–Crippen LogP) is 1.96. The van der Waals surface area contributed by atoms with Crippen LogP contribution in [-0.2, 0) is 4.74 Å². The molecule has 1 aromatic carbocycles. The fourth-order valence-electron chi connectivity index (χ4n) is 3.35. The summed E-state index contributed by atoms with van der Waals surface area (Å²) in [6, 6.07) is 3.95. The van der Waals surface area contributed by atoms with Gasteiger partial charge in [0.25, 0.3) is 5.91 Å². The summed E-state index contributed by atoms with van der Waals surface area (Å²) in [6.07, 6.45) is 4.00. The summed E-state index contributed by atoms with van der Waals surface area (Å²) in [5.74, 6) is 0.532. The number of piperidine rings is 1. The number of aromatic nitrogens is 2. The first-order valence-corrected chi connectivity index (χ1v) is 8.60. The summed E-state index contributed by atoms with van der Waals surface area (Å²) in [7, 11) is 1.74. The molecule has 0 atom stereocenters. The van der Waals surface area contributed by atoms with E-state index in [9.17, 15) is 4.79 Å². The number of hydrogen-bond donors (Lipinski definition) is 2. The van der Waals surface area contributed by atoms with Gasteiger partial charge in [0.15, 0.2) is 0 Å². The number of benzene rings is 1. The lowest BCUT2D eigenvalue weighted by Gasteiger charge is -2.31. The third-order valence-electron chi connectivity index (χ3n) is 4.81. The quantitative estimate of drug-likeness (QED) is 0.849. The van der Waals surface area contributed by atoms with Crippen molar-refractivity contribution < 1.29 is 9.53 Å². The van der Waals surface area contributed by atoms with E-state index in [-0.39, 0.29) is 5.91 Å². The molecule has 1 aliphatic rings. The van der Waals surface area contributed by atoms with Crippen LogP contribution in [0.25, 0.3) is 10.9 Å². The van der Waals surface area contributed by atoms with Gasteiger partial charge in [-0.25, -0.2) is 0 Å². The van der Waals surface area contributed by atoms with Gasteiger partial charge in [0.1, 0.15) is 0 Å². The molecular formula is C18H26N4O2. The minimum absolute atomic E-state index is 0.0187. The third kappa shape index (κ3) is 3.94. The van der Waals surface area contributed by atoms with Crippen molar-refractivity contribution in [1.29, 1.82) is 0 Å². The average Bonchev–Trinajstić information content (AvgIpc) is 3.06. The lowest BCUT2D eigenvalue weighted by atomic mass is 9.96. The number of rotatable bonds is 6. The summed E-state index contributed by atoms with van der Waals surface area (Å²) in [5, 5.41) is 11.1. The van der Waals surface area contributed by atoms with Gasteiger partial charge >= 0.3 is 0 Å². The van der Waals surface area contributed by atoms with Crippen molar-refractivity contribution in [3.05, 3.63) is 29.5 Å². The molecule has 2 heterocycles. The molecule has 0 radical (unpaired) electrons. The zero-order chi connectivity index (χ0) is 16.9. The highest BCUT2D eigenvalue weighted by atomic mass is 16.5. The van der Waals surface area contributed by atoms with Gasteiger partial charge in [-0.2, -0.15) is 5.10 Å². The Hall–Kier alpha value is -1.92. The number of H-pyrrole nitrogens is 1. The standard InChI is InChI=1S/C18H26N4O2/c1-13-9-15-12-20-21-17(15)16(10-13)18(23)19-11-14-3-5-22(6-4-14)7-8-24-2/h9-10,12,14H,3-8,11H2,1-2H3,(H,19,23)(H,20,21). The Morgan fingerprint density at radius 2 is 2.21 bits per heavy atom. The van der Waals surface area contributed by atoms with Crippen LogP contribution in [0.15, 0.2) is 18.3 Å². The van der Waals surface area contributed by atoms with Crippen LogP contribution >= 0.6 is 0 Å². The molecule has 2 N–H and O–H groups in total. The number of fused-ring (bicyclic) bond motifs is 1. The van der Waals surface area contributed by atoms with E-state index in [4.69, 9.17) is 4.74 Å². The van der Waals surface area contributed by atoms with Gasteiger partial charge in [0.2, 0.25) is 0 Å². The van der Waals surface area contributed by atoms with Crippen LogP contribution in [0.1, 0.15) is 28.8 Å². The first-order valence-electron chi connectivity index (χ1n) is 8.60. The third-order valence-corrected chi connectivity index (χ3v) is 4.81. The predicted molar refractivity (Wildman–Crippen MR) is 94.2 cm³/mol. The molecule has 1 aromatic heterocycles. The number of ether oxygens (including phenoxy) is 1. The molecule has 0 aliphatic carbocycles. The van der Waals surface area contributed by atoms with Gasteiger partial charge in [-0.1, -0.05) is 0 Å². The van der Waals surface area contributed by atoms with Crippen LogP contribution in [0.4, 0.5) is 0 Å². The molecule has 2 aromatic rings. The average molecular weight is 330 g/mol. The normalized spacial score (nSPS) is 16.6. The van der Waals surface area contributed by atoms with Gasteiger partial charge in [0, 0.05) is 25.6 Å². The zero-order valence-corrected chi connectivity index (χ0v) is 14.5. The number of aromatic amines is 1. The van der Waals surface area contributed by atoms with Gasteiger partial charge in [-0.3, -0.25) is 9.89 Å². The molecule has 0 unspecified atom stereocenters. The van der Waals surface area contributed by atoms with Gasteiger partial charge < -0.3 is 15.0 Å². The van der Waals surface area contributed by atoms with Crippen LogP contribution < -0.4 is 5.32 Å². The van der Waals surface area contributed by atoms with E-state index in [0.717, 1.165) is 62.1 Å². The highest BCUT2D eigenvalue weighted by Crippen LogP contribution is 2.19. The molecule has 0 bridgehead atoms. The number of amides is 1. The molecule has 130 valence electrons. The molecule has 6 heteroatoms. The number of carbonyl (C=O) groups excluding carboxylic acids is 1. The Labute approximate surface area is 142 Å². The highest BCUT2D eigenvalue weighted by Gasteiger charge is 2.20. The van der Waals surface area contributed by atoms with Crippen LogP contribution in [0.5, 0.6) is 0 Å². The number of nitrogens with one attached hydrogen (secondary N) is 2. The minimum Gasteiger partial charge on any atom is -0.383 e. The molecule has 1 fully saturated rings. The summed E-state index contributed by atoms with van der Waals surface area (Å²) in [5.41, 5.74) is 2.56. The second kappa shape index (κ2) is 7.77. The Kier molecular flexibility index (Phi) is 5.48. The molecule has 0 saturated carbocycles. The fourth-order valence-corrected chi connectivity index (χ4v) is 3.35. The van der Waals surface area contributed by atoms with Crippen molar-refractivity contribution in [1.82, 2.24) is 20.4 Å². The SMILES string of the molecule is COCCN1CCC(CNC(=O)c2cc(C)cc3cn[nH]c23)CC1. The largest absolute Gasteiger partial charge is 0.383 e. The smallest absolute Gasteiger partial charge is 0.253 e. The van der Waals surface area contributed by atoms with E-state index in [1.807, 2.05) is 19.1 Å². The number of aryl methyl sites for hydroxylation is 1. The number of methoxy groups -OCH3 is 1. The van der Waals surface area contributed by atoms with E-state index in [1.54, 1.807) is 13.3 Å². The molecular weight excluding hydrogens is 304 g/mol. The Morgan fingerprint density at radius 3 is 2.96 bits per heavy atom. The van der Waals surface area contributed by atoms with Crippen LogP contribution in [0.3, 0.4) is 0 Å². The number of nitrogens with zero attached hydrogens (tertiary/aromatic N) is 2. The molecule has 1 amide bonds. The first kappa shape index (κ1) is 16.9. The summed E-state index contributed by atoms with van der Waals surface area (Å²) >= 11 is 0. The number of carbonyl (C=O) groups is 1. The van der Waals surface area contributed by atoms with E-state index < -0.39 is 0 Å². The second-order valence-electron chi connectivity index (χ2n) is 6.63. The lowest BCUT2D eigenvalue weighted by molar-refractivity contribution is 0.0927. The van der Waals surface area contributed by atoms with Crippen LogP contribution in [-0.4, -0.2) is 60.9 Å². The topological polar surface area (TPSA) is 70.2 Å². The van der Waals surface area contributed by atoms with Crippen molar-refractivity contribution >= 4 is 16.8 Å². The molecule has 6 nitrogen and oxygen atoms in total. The molecule has 1 aliphatic heterocycles. The van der Waals surface area contributed by atoms with Crippen molar-refractivity contribution in [2.45, 2.75) is 19.8 Å². The zero-order valence-electron chi connectivity index (χ0n) is 14.5. The molecule has 3 rings (SSSR count). The van der Waals surface area contributed by atoms with Crippen molar-refractivity contribution in [2.24, 2.45) is 5.92 Å². The van der Waals surface area contributed by atoms with Gasteiger partial charge in [-0.15, -0.1) is 0 Å². The maximum absolute atomic E-state index is 12.6. The lowest BCUT2D eigenvalue weighted by Crippen LogP contribution is -2.39. The van der Waals surface area contributed by atoms with E-state index >= 15 is 0 Å². The van der Waals surface area contributed by atoms with Gasteiger partial charge in [0.05, 0.1) is 23.9 Å². The number of hydrogen-bond acceptors (Lipinski definition) is 4. The molecule has 1 saturated heterocycles. The summed E-state index contributed by atoms with van der Waals surface area (Å²) in [6.45, 7) is 6.68. The monoisotopic (exact) mass is 330 g/mol. The maximum Gasteiger partial charge on any atom is 0.253 e. The fraction of sp³-hybridized carbons (Fsp3) is 0.556. The molecule has 24 heavy (non-hydrogen) atoms. The second-order valence-corrected chi connectivity index (χ2v) is 6.63.